The van der Waals surface area contributed by atoms with Crippen LogP contribution in [0.15, 0.2) is 24.3 Å². The maximum Gasteiger partial charge on any atom is 0.420 e. The van der Waals surface area contributed by atoms with Gasteiger partial charge in [-0.15, -0.1) is 0 Å². The Bertz CT molecular complexity index is 470. The minimum atomic E-state index is -1.53. The Hall–Kier alpha value is -2.04. The zero-order valence-corrected chi connectivity index (χ0v) is 9.13. The molecule has 90 valence electrons. The van der Waals surface area contributed by atoms with E-state index in [2.05, 4.69) is 9.53 Å². The maximum absolute atomic E-state index is 12.9. The zero-order valence-electron chi connectivity index (χ0n) is 9.13. The van der Waals surface area contributed by atoms with Gasteiger partial charge in [-0.05, 0) is 24.6 Å². The predicted octanol–water partition coefficient (Wildman–Crippen LogP) is 1.09. The predicted molar refractivity (Wildman–Crippen MR) is 56.6 cm³/mol. The van der Waals surface area contributed by atoms with Crippen molar-refractivity contribution < 1.29 is 23.8 Å². The number of halogens is 1. The Balaban J connectivity index is 2.99. The molecular weight excluding hydrogens is 227 g/mol. The van der Waals surface area contributed by atoms with Gasteiger partial charge >= 0.3 is 11.7 Å². The summed E-state index contributed by atoms with van der Waals surface area (Å²) in [7, 11) is 0. The monoisotopic (exact) mass is 238 g/mol. The number of hydrogen-bond donors (Lipinski definition) is 1. The summed E-state index contributed by atoms with van der Waals surface area (Å²) in [5, 5.41) is 9.74. The van der Waals surface area contributed by atoms with E-state index in [1.54, 1.807) is 6.92 Å². The van der Waals surface area contributed by atoms with Crippen LogP contribution in [0.3, 0.4) is 0 Å². The van der Waals surface area contributed by atoms with Crippen LogP contribution < -0.4 is 0 Å². The highest BCUT2D eigenvalue weighted by Gasteiger charge is 2.32. The van der Waals surface area contributed by atoms with Crippen molar-refractivity contribution in [3.8, 4) is 0 Å². The third kappa shape index (κ3) is 3.21. The first kappa shape index (κ1) is 13.0. The molecular formula is C11H11FN2O3. The number of aliphatic hydroxyl groups excluding tert-OH is 1. The lowest BCUT2D eigenvalue weighted by Crippen LogP contribution is -2.25. The van der Waals surface area contributed by atoms with Crippen LogP contribution in [-0.4, -0.2) is 28.2 Å². The lowest BCUT2D eigenvalue weighted by Gasteiger charge is -2.06. The van der Waals surface area contributed by atoms with Crippen LogP contribution in [0.2, 0.25) is 0 Å². The highest BCUT2D eigenvalue weighted by Crippen LogP contribution is 2.15. The fourth-order valence-electron chi connectivity index (χ4n) is 1.25. The molecule has 1 aromatic carbocycles. The maximum atomic E-state index is 12.9. The third-order valence-electron chi connectivity index (χ3n) is 2.02. The van der Waals surface area contributed by atoms with Gasteiger partial charge in [-0.2, -0.15) is 4.79 Å². The first-order valence-electron chi connectivity index (χ1n) is 4.92. The standard InChI is InChI=1S/C11H11FN2O3/c1-2-17-11(16)9(14-13)10(15)7-4-3-5-8(12)6-7/h3-6,10,15H,2H2,1H3/t10-/m0/s1. The van der Waals surface area contributed by atoms with Gasteiger partial charge in [0.15, 0.2) is 6.10 Å². The molecule has 17 heavy (non-hydrogen) atoms. The largest absolute Gasteiger partial charge is 0.457 e. The van der Waals surface area contributed by atoms with Gasteiger partial charge in [0.25, 0.3) is 0 Å². The quantitative estimate of drug-likeness (QED) is 0.369. The van der Waals surface area contributed by atoms with E-state index in [1.807, 2.05) is 0 Å². The molecule has 5 nitrogen and oxygen atoms in total. The summed E-state index contributed by atoms with van der Waals surface area (Å²) in [5.74, 6) is -1.52. The highest BCUT2D eigenvalue weighted by molar-refractivity contribution is 6.35. The topological polar surface area (TPSA) is 82.9 Å². The number of benzene rings is 1. The highest BCUT2D eigenvalue weighted by atomic mass is 19.1. The molecule has 0 saturated heterocycles. The lowest BCUT2D eigenvalue weighted by atomic mass is 10.1. The van der Waals surface area contributed by atoms with E-state index < -0.39 is 23.6 Å². The van der Waals surface area contributed by atoms with Gasteiger partial charge in [0.1, 0.15) is 5.82 Å². The number of esters is 1. The second-order valence-corrected chi connectivity index (χ2v) is 3.16. The molecule has 0 aliphatic rings. The number of hydrogen-bond acceptors (Lipinski definition) is 3. The molecule has 1 aromatic rings. The van der Waals surface area contributed by atoms with Crippen LogP contribution in [0.25, 0.3) is 5.53 Å². The zero-order chi connectivity index (χ0) is 12.8. The molecule has 0 bridgehead atoms. The number of rotatable bonds is 4. The van der Waals surface area contributed by atoms with Gasteiger partial charge in [-0.25, -0.2) is 9.18 Å². The van der Waals surface area contributed by atoms with E-state index >= 15 is 0 Å². The molecule has 0 heterocycles. The van der Waals surface area contributed by atoms with E-state index in [0.29, 0.717) is 0 Å². The van der Waals surface area contributed by atoms with Crippen molar-refractivity contribution in [2.24, 2.45) is 0 Å². The summed E-state index contributed by atoms with van der Waals surface area (Å²) in [5.41, 5.74) is 8.17. The van der Waals surface area contributed by atoms with Crippen molar-refractivity contribution in [1.82, 2.24) is 0 Å². The molecule has 0 saturated carbocycles. The Morgan fingerprint density at radius 3 is 2.88 bits per heavy atom. The van der Waals surface area contributed by atoms with Crippen LogP contribution in [0.4, 0.5) is 4.39 Å². The van der Waals surface area contributed by atoms with Gasteiger partial charge in [0.05, 0.1) is 6.61 Å². The van der Waals surface area contributed by atoms with Crippen LogP contribution >= 0.6 is 0 Å². The minimum absolute atomic E-state index is 0.0771. The lowest BCUT2D eigenvalue weighted by molar-refractivity contribution is -0.141. The summed E-state index contributed by atoms with van der Waals surface area (Å²) >= 11 is 0. The van der Waals surface area contributed by atoms with Crippen molar-refractivity contribution in [3.63, 3.8) is 0 Å². The first-order valence-corrected chi connectivity index (χ1v) is 4.92. The fourth-order valence-corrected chi connectivity index (χ4v) is 1.25. The number of nitrogens with zero attached hydrogens (tertiary/aromatic N) is 2. The second-order valence-electron chi connectivity index (χ2n) is 3.16. The third-order valence-corrected chi connectivity index (χ3v) is 2.02. The minimum Gasteiger partial charge on any atom is -0.457 e. The van der Waals surface area contributed by atoms with E-state index in [9.17, 15) is 14.3 Å². The summed E-state index contributed by atoms with van der Waals surface area (Å²) in [6.45, 7) is 1.65. The van der Waals surface area contributed by atoms with Crippen molar-refractivity contribution in [3.05, 3.63) is 41.2 Å². The van der Waals surface area contributed by atoms with E-state index in [-0.39, 0.29) is 12.2 Å². The smallest absolute Gasteiger partial charge is 0.420 e. The molecule has 1 N–H and O–H groups in total. The van der Waals surface area contributed by atoms with Gasteiger partial charge < -0.3 is 15.4 Å². The Kier molecular flexibility index (Phi) is 4.51. The normalized spacial score (nSPS) is 11.5. The Morgan fingerprint density at radius 1 is 1.65 bits per heavy atom. The summed E-state index contributed by atoms with van der Waals surface area (Å²) in [6, 6.07) is 5.00. The number of ether oxygens (including phenoxy) is 1. The molecule has 0 aromatic heterocycles. The van der Waals surface area contributed by atoms with Crippen LogP contribution in [0.1, 0.15) is 18.6 Å². The molecule has 0 unspecified atom stereocenters. The first-order chi connectivity index (χ1) is 8.10. The summed E-state index contributed by atoms with van der Waals surface area (Å²) < 4.78 is 17.5. The molecule has 0 aliphatic carbocycles. The molecule has 1 atom stereocenters. The molecule has 0 fully saturated rings. The number of carbonyl (C=O) groups is 1. The van der Waals surface area contributed by atoms with Gasteiger partial charge in [0, 0.05) is 0 Å². The Morgan fingerprint density at radius 2 is 2.35 bits per heavy atom. The average molecular weight is 238 g/mol. The van der Waals surface area contributed by atoms with Gasteiger partial charge in [-0.1, -0.05) is 12.1 Å². The van der Waals surface area contributed by atoms with Crippen molar-refractivity contribution in [2.75, 3.05) is 6.61 Å². The number of aliphatic hydroxyl groups is 1. The average Bonchev–Trinajstić information content (AvgIpc) is 2.30. The summed E-state index contributed by atoms with van der Waals surface area (Å²) in [4.78, 5) is 14.0. The molecule has 0 amide bonds. The molecule has 6 heteroatoms. The van der Waals surface area contributed by atoms with Crippen molar-refractivity contribution in [2.45, 2.75) is 13.0 Å². The van der Waals surface area contributed by atoms with Crippen molar-refractivity contribution in [1.29, 1.82) is 0 Å². The van der Waals surface area contributed by atoms with Gasteiger partial charge in [0.2, 0.25) is 0 Å². The summed E-state index contributed by atoms with van der Waals surface area (Å²) in [6.07, 6.45) is -1.53. The van der Waals surface area contributed by atoms with E-state index in [4.69, 9.17) is 5.53 Å². The molecule has 0 aliphatic heterocycles. The molecule has 1 rings (SSSR count). The van der Waals surface area contributed by atoms with Gasteiger partial charge in [-0.3, -0.25) is 0 Å². The van der Waals surface area contributed by atoms with E-state index in [0.717, 1.165) is 6.07 Å². The number of carbonyl (C=O) groups excluding carboxylic acids is 1. The van der Waals surface area contributed by atoms with Crippen LogP contribution in [0, 0.1) is 5.82 Å². The van der Waals surface area contributed by atoms with Crippen LogP contribution in [-0.2, 0) is 9.53 Å². The van der Waals surface area contributed by atoms with Crippen molar-refractivity contribution >= 4 is 11.7 Å². The van der Waals surface area contributed by atoms with Crippen LogP contribution in [0.5, 0.6) is 0 Å². The van der Waals surface area contributed by atoms with E-state index in [1.165, 1.54) is 18.2 Å². The molecule has 0 radical (unpaired) electrons. The fraction of sp³-hybridized carbons (Fsp3) is 0.273. The Labute approximate surface area is 97.1 Å². The SMILES string of the molecule is CCOC(=O)C(=[N+]=[N-])[C@@H](O)c1cccc(F)c1. The molecule has 0 spiro atoms. The second kappa shape index (κ2) is 5.89.